The molecule has 8 nitrogen and oxygen atoms in total. The molecule has 0 saturated heterocycles. The number of ketones is 2. The first-order valence-corrected chi connectivity index (χ1v) is 16.2. The number of amides is 2. The summed E-state index contributed by atoms with van der Waals surface area (Å²) in [7, 11) is 0. The van der Waals surface area contributed by atoms with Crippen molar-refractivity contribution in [3.05, 3.63) is 132 Å². The molecule has 0 atom stereocenters. The highest BCUT2D eigenvalue weighted by molar-refractivity contribution is 6.53. The minimum Gasteiger partial charge on any atom is -0.426 e. The number of hydrogen-bond donors (Lipinski definition) is 2. The molecule has 12 heteroatoms. The molecule has 3 aromatic rings. The molecule has 0 spiro atoms. The van der Waals surface area contributed by atoms with E-state index >= 15 is 0 Å². The quantitative estimate of drug-likeness (QED) is 0.146. The highest BCUT2D eigenvalue weighted by atomic mass is 35.5. The SMILES string of the molecule is C.CC(=O)OC1=CCC2=CCCC=C21.O=C1Nc2cc(Cl)c(Cl)cc2/C1=C1/Cc2ccccc2C1=O.O=C1Nc2cc(Cl)c(Cl)cc2C1=O. The maximum absolute atomic E-state index is 12.6. The topological polar surface area (TPSA) is 119 Å². The lowest BCUT2D eigenvalue weighted by Gasteiger charge is -2.10. The van der Waals surface area contributed by atoms with E-state index in [1.54, 1.807) is 18.2 Å². The summed E-state index contributed by atoms with van der Waals surface area (Å²) in [6.45, 7) is 1.44. The lowest BCUT2D eigenvalue weighted by Crippen LogP contribution is -2.12. The second-order valence-corrected chi connectivity index (χ2v) is 12.8. The fourth-order valence-electron chi connectivity index (χ4n) is 5.88. The number of nitrogens with one attached hydrogen (secondary N) is 2. The number of Topliss-reactive ketones (excluding diaryl/α,β-unsaturated/α-hetero) is 2. The van der Waals surface area contributed by atoms with E-state index in [2.05, 4.69) is 22.8 Å². The summed E-state index contributed by atoms with van der Waals surface area (Å²) < 4.78 is 5.09. The molecule has 0 fully saturated rings. The number of allylic oxidation sites excluding steroid dienone is 5. The summed E-state index contributed by atoms with van der Waals surface area (Å²) in [6, 6.07) is 13.5. The zero-order valence-electron chi connectivity index (χ0n) is 25.1. The number of carbonyl (C=O) groups is 5. The molecule has 0 saturated carbocycles. The molecule has 0 radical (unpaired) electrons. The van der Waals surface area contributed by atoms with Crippen LogP contribution in [0, 0.1) is 0 Å². The van der Waals surface area contributed by atoms with E-state index in [1.165, 1.54) is 24.6 Å². The highest BCUT2D eigenvalue weighted by Crippen LogP contribution is 2.42. The van der Waals surface area contributed by atoms with Crippen LogP contribution in [0.1, 0.15) is 65.5 Å². The molecule has 3 aliphatic carbocycles. The molecule has 2 aliphatic heterocycles. The first kappa shape index (κ1) is 35.8. The van der Waals surface area contributed by atoms with E-state index in [0.717, 1.165) is 36.2 Å². The Balaban J connectivity index is 0.000000150. The maximum Gasteiger partial charge on any atom is 0.308 e. The molecule has 2 amide bonds. The van der Waals surface area contributed by atoms with Crippen LogP contribution in [-0.2, 0) is 25.5 Å². The summed E-state index contributed by atoms with van der Waals surface area (Å²) in [4.78, 5) is 57.7. The third kappa shape index (κ3) is 7.14. The van der Waals surface area contributed by atoms with Crippen LogP contribution in [0.3, 0.4) is 0 Å². The van der Waals surface area contributed by atoms with E-state index in [0.29, 0.717) is 55.1 Å². The van der Waals surface area contributed by atoms with Crippen LogP contribution in [0.2, 0.25) is 20.1 Å². The van der Waals surface area contributed by atoms with Gasteiger partial charge in [0.15, 0.2) is 5.78 Å². The zero-order chi connectivity index (χ0) is 34.3. The first-order chi connectivity index (χ1) is 22.9. The molecule has 49 heavy (non-hydrogen) atoms. The molecule has 0 aromatic heterocycles. The monoisotopic (exact) mass is 736 g/mol. The third-order valence-corrected chi connectivity index (χ3v) is 9.49. The minimum atomic E-state index is -0.645. The van der Waals surface area contributed by atoms with Gasteiger partial charge in [-0.1, -0.05) is 90.2 Å². The number of anilines is 2. The van der Waals surface area contributed by atoms with Crippen molar-refractivity contribution in [2.75, 3.05) is 10.6 Å². The molecule has 3 aromatic carbocycles. The van der Waals surface area contributed by atoms with Gasteiger partial charge in [0.2, 0.25) is 0 Å². The number of rotatable bonds is 1. The van der Waals surface area contributed by atoms with Crippen LogP contribution in [0.4, 0.5) is 11.4 Å². The van der Waals surface area contributed by atoms with Gasteiger partial charge in [-0.15, -0.1) is 0 Å². The Hall–Kier alpha value is -4.47. The number of carbonyl (C=O) groups excluding carboxylic acids is 5. The molecule has 5 aliphatic rings. The van der Waals surface area contributed by atoms with Gasteiger partial charge in [0.25, 0.3) is 17.6 Å². The van der Waals surface area contributed by atoms with Crippen LogP contribution in [0.25, 0.3) is 5.57 Å². The van der Waals surface area contributed by atoms with Crippen molar-refractivity contribution < 1.29 is 28.7 Å². The smallest absolute Gasteiger partial charge is 0.308 e. The predicted molar refractivity (Wildman–Crippen MR) is 193 cm³/mol. The fourth-order valence-corrected chi connectivity index (χ4v) is 6.53. The minimum absolute atomic E-state index is 0. The molecular formula is C37H28Cl4N2O6. The summed E-state index contributed by atoms with van der Waals surface area (Å²) in [5.74, 6) is -1.09. The number of hydrogen-bond acceptors (Lipinski definition) is 6. The molecule has 2 heterocycles. The summed E-state index contributed by atoms with van der Waals surface area (Å²) in [5, 5.41) is 6.44. The summed E-state index contributed by atoms with van der Waals surface area (Å²) in [6.07, 6.45) is 9.88. The van der Waals surface area contributed by atoms with Crippen LogP contribution in [-0.4, -0.2) is 29.4 Å². The van der Waals surface area contributed by atoms with E-state index in [1.807, 2.05) is 24.3 Å². The zero-order valence-corrected chi connectivity index (χ0v) is 28.2. The van der Waals surface area contributed by atoms with Crippen LogP contribution >= 0.6 is 46.4 Å². The van der Waals surface area contributed by atoms with Gasteiger partial charge >= 0.3 is 5.97 Å². The average Bonchev–Trinajstić information content (AvgIpc) is 3.77. The molecule has 8 rings (SSSR count). The maximum atomic E-state index is 12.6. The Morgan fingerprint density at radius 1 is 0.714 bits per heavy atom. The number of esters is 1. The molecule has 0 unspecified atom stereocenters. The van der Waals surface area contributed by atoms with Crippen molar-refractivity contribution >= 4 is 92.7 Å². The van der Waals surface area contributed by atoms with Gasteiger partial charge in [-0.25, -0.2) is 0 Å². The van der Waals surface area contributed by atoms with Gasteiger partial charge in [0, 0.05) is 35.6 Å². The summed E-state index contributed by atoms with van der Waals surface area (Å²) in [5.41, 5.74) is 6.86. The Morgan fingerprint density at radius 2 is 1.31 bits per heavy atom. The third-order valence-electron chi connectivity index (χ3n) is 8.05. The van der Waals surface area contributed by atoms with Gasteiger partial charge in [-0.2, -0.15) is 0 Å². The van der Waals surface area contributed by atoms with Gasteiger partial charge in [-0.3, -0.25) is 24.0 Å². The van der Waals surface area contributed by atoms with Crippen molar-refractivity contribution in [2.45, 2.75) is 40.0 Å². The van der Waals surface area contributed by atoms with Crippen molar-refractivity contribution in [3.8, 4) is 0 Å². The van der Waals surface area contributed by atoms with E-state index < -0.39 is 11.7 Å². The van der Waals surface area contributed by atoms with Crippen molar-refractivity contribution in [2.24, 2.45) is 0 Å². The predicted octanol–water partition coefficient (Wildman–Crippen LogP) is 9.39. The normalized spacial score (nSPS) is 17.7. The van der Waals surface area contributed by atoms with Gasteiger partial charge in [0.1, 0.15) is 5.76 Å². The standard InChI is InChI=1S/C17H9Cl2NO2.C11H12O2.C8H3Cl2NO2.CH4/c18-12-6-10-14(7-13(12)19)20-17(22)15(10)11-5-8-3-1-2-4-9(8)16(11)21;1-8(12)13-11-7-6-9-4-2-3-5-10(9)11;9-4-1-3-6(2-5(4)10)11-8(13)7(3)12;/h1-4,6-7H,5H2,(H,20,22);4-5,7H,2-3,6H2,1H3;1-2H,(H,11,12,13);1H4/b15-11+;;;. The average molecular weight is 738 g/mol. The second-order valence-electron chi connectivity index (χ2n) is 11.2. The van der Waals surface area contributed by atoms with Crippen molar-refractivity contribution in [1.82, 2.24) is 0 Å². The number of benzene rings is 3. The Labute approximate surface area is 302 Å². The van der Waals surface area contributed by atoms with Crippen LogP contribution in [0.15, 0.2) is 89.2 Å². The fraction of sp³-hybridized carbons (Fsp3) is 0.162. The number of halogens is 4. The van der Waals surface area contributed by atoms with Gasteiger partial charge < -0.3 is 15.4 Å². The molecule has 0 bridgehead atoms. The van der Waals surface area contributed by atoms with Crippen molar-refractivity contribution in [1.29, 1.82) is 0 Å². The van der Waals surface area contributed by atoms with E-state index in [-0.39, 0.29) is 35.7 Å². The van der Waals surface area contributed by atoms with Crippen molar-refractivity contribution in [3.63, 3.8) is 0 Å². The molecule has 2 N–H and O–H groups in total. The van der Waals surface area contributed by atoms with E-state index in [4.69, 9.17) is 51.1 Å². The first-order valence-electron chi connectivity index (χ1n) is 14.7. The number of fused-ring (bicyclic) bond motifs is 4. The lowest BCUT2D eigenvalue weighted by atomic mass is 9.98. The largest absolute Gasteiger partial charge is 0.426 e. The highest BCUT2D eigenvalue weighted by Gasteiger charge is 2.35. The Kier molecular flexibility index (Phi) is 10.6. The summed E-state index contributed by atoms with van der Waals surface area (Å²) >= 11 is 23.4. The number of ether oxygens (including phenoxy) is 1. The van der Waals surface area contributed by atoms with Gasteiger partial charge in [0.05, 0.1) is 42.6 Å². The lowest BCUT2D eigenvalue weighted by molar-refractivity contribution is -0.136. The Bertz CT molecular complexity index is 2110. The van der Waals surface area contributed by atoms with E-state index in [9.17, 15) is 24.0 Å². The Morgan fingerprint density at radius 3 is 1.98 bits per heavy atom. The molecular weight excluding hydrogens is 710 g/mol. The second kappa shape index (κ2) is 14.6. The molecule has 250 valence electrons. The van der Waals surface area contributed by atoms with Crippen LogP contribution in [0.5, 0.6) is 0 Å². The van der Waals surface area contributed by atoms with Gasteiger partial charge in [-0.05, 0) is 60.7 Å². The van der Waals surface area contributed by atoms with Crippen LogP contribution < -0.4 is 10.6 Å².